The first-order valence-electron chi connectivity index (χ1n) is 10.2. The van der Waals surface area contributed by atoms with Crippen molar-refractivity contribution in [3.63, 3.8) is 0 Å². The number of aliphatic imine (C=N–C) groups is 1. The number of likely N-dealkylation sites (tertiary alicyclic amines) is 1. The van der Waals surface area contributed by atoms with Gasteiger partial charge in [-0.1, -0.05) is 25.1 Å². The molecule has 1 aromatic heterocycles. The number of piperidine rings is 1. The third-order valence-electron chi connectivity index (χ3n) is 5.50. The highest BCUT2D eigenvalue weighted by Crippen LogP contribution is 2.29. The molecular formula is C21H32IN5O2S2. The zero-order chi connectivity index (χ0) is 21.6. The molecule has 0 bridgehead atoms. The highest BCUT2D eigenvalue weighted by molar-refractivity contribution is 14.0. The molecule has 172 valence electrons. The molecule has 31 heavy (non-hydrogen) atoms. The minimum absolute atomic E-state index is 0. The number of sulfonamides is 1. The fourth-order valence-electron chi connectivity index (χ4n) is 3.66. The van der Waals surface area contributed by atoms with E-state index < -0.39 is 10.0 Å². The average molecular weight is 578 g/mol. The molecule has 2 heterocycles. The summed E-state index contributed by atoms with van der Waals surface area (Å²) in [5.41, 5.74) is 0.823. The van der Waals surface area contributed by atoms with Crippen molar-refractivity contribution in [3.8, 4) is 0 Å². The number of benzene rings is 1. The Morgan fingerprint density at radius 3 is 2.61 bits per heavy atom. The van der Waals surface area contributed by atoms with Crippen LogP contribution in [0, 0.1) is 5.92 Å². The van der Waals surface area contributed by atoms with Gasteiger partial charge in [-0.25, -0.2) is 13.6 Å². The maximum absolute atomic E-state index is 11.6. The largest absolute Gasteiger partial charge is 0.354 e. The van der Waals surface area contributed by atoms with Crippen LogP contribution in [0.3, 0.4) is 0 Å². The monoisotopic (exact) mass is 577 g/mol. The maximum Gasteiger partial charge on any atom is 0.238 e. The first kappa shape index (κ1) is 26.0. The van der Waals surface area contributed by atoms with Gasteiger partial charge in [0.15, 0.2) is 5.96 Å². The van der Waals surface area contributed by atoms with E-state index in [4.69, 9.17) is 5.14 Å². The highest BCUT2D eigenvalue weighted by atomic mass is 127. The van der Waals surface area contributed by atoms with Gasteiger partial charge in [0.2, 0.25) is 10.0 Å². The van der Waals surface area contributed by atoms with Gasteiger partial charge in [0, 0.05) is 25.0 Å². The molecule has 1 unspecified atom stereocenters. The molecule has 2 aromatic rings. The summed E-state index contributed by atoms with van der Waals surface area (Å²) >= 11 is 1.79. The quantitative estimate of drug-likeness (QED) is 0.267. The summed E-state index contributed by atoms with van der Waals surface area (Å²) in [6.45, 7) is 5.75. The fraction of sp³-hybridized carbons (Fsp3) is 0.476. The van der Waals surface area contributed by atoms with Crippen molar-refractivity contribution in [2.45, 2.75) is 37.2 Å². The second-order valence-electron chi connectivity index (χ2n) is 7.75. The molecule has 7 nitrogen and oxygen atoms in total. The van der Waals surface area contributed by atoms with Crippen LogP contribution in [0.25, 0.3) is 0 Å². The van der Waals surface area contributed by atoms with Gasteiger partial charge in [-0.05, 0) is 61.0 Å². The minimum atomic E-state index is -3.71. The first-order valence-corrected chi connectivity index (χ1v) is 12.6. The topological polar surface area (TPSA) is 99.8 Å². The highest BCUT2D eigenvalue weighted by Gasteiger charge is 2.25. The average Bonchev–Trinajstić information content (AvgIpc) is 3.26. The number of thiophene rings is 1. The number of primary sulfonamides is 1. The van der Waals surface area contributed by atoms with Crippen LogP contribution in [-0.4, -0.2) is 46.0 Å². The van der Waals surface area contributed by atoms with Crippen LogP contribution in [-0.2, 0) is 16.6 Å². The summed E-state index contributed by atoms with van der Waals surface area (Å²) in [6, 6.07) is 11.2. The maximum atomic E-state index is 11.6. The third-order valence-corrected chi connectivity index (χ3v) is 7.39. The number of guanidine groups is 1. The van der Waals surface area contributed by atoms with Crippen molar-refractivity contribution >= 4 is 51.3 Å². The van der Waals surface area contributed by atoms with Gasteiger partial charge < -0.3 is 10.6 Å². The SMILES string of the molecule is CN=C(NCc1cccc(S(N)(=O)=O)c1)NCC(c1cccs1)N1CCC(C)CC1.I. The lowest BCUT2D eigenvalue weighted by Crippen LogP contribution is -2.44. The van der Waals surface area contributed by atoms with Gasteiger partial charge in [-0.2, -0.15) is 0 Å². The number of rotatable bonds is 7. The molecule has 1 saturated heterocycles. The summed E-state index contributed by atoms with van der Waals surface area (Å²) in [7, 11) is -1.98. The van der Waals surface area contributed by atoms with Gasteiger partial charge in [0.25, 0.3) is 0 Å². The van der Waals surface area contributed by atoms with E-state index in [1.54, 1.807) is 30.5 Å². The Hall–Kier alpha value is -1.21. The van der Waals surface area contributed by atoms with Crippen LogP contribution in [0.4, 0.5) is 0 Å². The Morgan fingerprint density at radius 1 is 1.26 bits per heavy atom. The number of nitrogens with one attached hydrogen (secondary N) is 2. The molecule has 1 aromatic carbocycles. The van der Waals surface area contributed by atoms with E-state index in [0.29, 0.717) is 18.5 Å². The van der Waals surface area contributed by atoms with Crippen molar-refractivity contribution in [1.29, 1.82) is 0 Å². The zero-order valence-corrected chi connectivity index (χ0v) is 21.9. The van der Waals surface area contributed by atoms with E-state index in [1.807, 2.05) is 6.07 Å². The Labute approximate surface area is 206 Å². The van der Waals surface area contributed by atoms with E-state index >= 15 is 0 Å². The molecule has 4 N–H and O–H groups in total. The number of halogens is 1. The summed E-state index contributed by atoms with van der Waals surface area (Å²) in [5, 5.41) is 14.1. The van der Waals surface area contributed by atoms with E-state index in [-0.39, 0.29) is 28.9 Å². The Bertz CT molecular complexity index is 942. The number of hydrogen-bond donors (Lipinski definition) is 3. The van der Waals surface area contributed by atoms with Crippen LogP contribution < -0.4 is 15.8 Å². The molecule has 1 fully saturated rings. The lowest BCUT2D eigenvalue weighted by molar-refractivity contribution is 0.140. The molecule has 1 aliphatic heterocycles. The number of hydrogen-bond acceptors (Lipinski definition) is 5. The second kappa shape index (κ2) is 12.1. The van der Waals surface area contributed by atoms with Gasteiger partial charge in [0.05, 0.1) is 10.9 Å². The molecule has 0 radical (unpaired) electrons. The first-order chi connectivity index (χ1) is 14.4. The summed E-state index contributed by atoms with van der Waals surface area (Å²) in [4.78, 5) is 8.35. The molecule has 0 saturated carbocycles. The Morgan fingerprint density at radius 2 is 2.00 bits per heavy atom. The van der Waals surface area contributed by atoms with Crippen molar-refractivity contribution < 1.29 is 8.42 Å². The molecule has 0 spiro atoms. The Balaban J connectivity index is 0.00000341. The lowest BCUT2D eigenvalue weighted by Gasteiger charge is -2.36. The van der Waals surface area contributed by atoms with Gasteiger partial charge >= 0.3 is 0 Å². The predicted octanol–water partition coefficient (Wildman–Crippen LogP) is 3.15. The summed E-state index contributed by atoms with van der Waals surface area (Å²) < 4.78 is 23.1. The molecule has 0 amide bonds. The van der Waals surface area contributed by atoms with Gasteiger partial charge in [-0.15, -0.1) is 35.3 Å². The number of nitrogens with zero attached hydrogens (tertiary/aromatic N) is 2. The smallest absolute Gasteiger partial charge is 0.238 e. The van der Waals surface area contributed by atoms with Crippen LogP contribution in [0.1, 0.15) is 36.2 Å². The molecule has 1 aliphatic rings. The molecule has 1 atom stereocenters. The minimum Gasteiger partial charge on any atom is -0.354 e. The van der Waals surface area contributed by atoms with Crippen LogP contribution in [0.15, 0.2) is 51.7 Å². The van der Waals surface area contributed by atoms with E-state index in [0.717, 1.165) is 31.1 Å². The Kier molecular flexibility index (Phi) is 10.2. The van der Waals surface area contributed by atoms with Gasteiger partial charge in [0.1, 0.15) is 0 Å². The lowest BCUT2D eigenvalue weighted by atomic mass is 9.97. The zero-order valence-electron chi connectivity index (χ0n) is 18.0. The van der Waals surface area contributed by atoms with Crippen molar-refractivity contribution in [2.75, 3.05) is 26.7 Å². The van der Waals surface area contributed by atoms with E-state index in [2.05, 4.69) is 45.0 Å². The predicted molar refractivity (Wildman–Crippen MR) is 138 cm³/mol. The van der Waals surface area contributed by atoms with Gasteiger partial charge in [-0.3, -0.25) is 9.89 Å². The third kappa shape index (κ3) is 7.70. The molecule has 3 rings (SSSR count). The number of nitrogens with two attached hydrogens (primary N) is 1. The standard InChI is InChI=1S/C21H31N5O2S2.HI/c1-16-8-10-26(11-9-16)19(20-7-4-12-29-20)15-25-21(23-2)24-14-17-5-3-6-18(13-17)30(22,27)28;/h3-7,12-13,16,19H,8-11,14-15H2,1-2H3,(H2,22,27,28)(H2,23,24,25);1H. The normalized spacial score (nSPS) is 17.1. The van der Waals surface area contributed by atoms with Crippen molar-refractivity contribution in [2.24, 2.45) is 16.0 Å². The summed E-state index contributed by atoms with van der Waals surface area (Å²) in [5.74, 6) is 1.48. The van der Waals surface area contributed by atoms with Crippen LogP contribution in [0.2, 0.25) is 0 Å². The summed E-state index contributed by atoms with van der Waals surface area (Å²) in [6.07, 6.45) is 2.46. The van der Waals surface area contributed by atoms with Crippen LogP contribution in [0.5, 0.6) is 0 Å². The fourth-order valence-corrected chi connectivity index (χ4v) is 5.11. The molecule has 0 aliphatic carbocycles. The second-order valence-corrected chi connectivity index (χ2v) is 10.3. The van der Waals surface area contributed by atoms with E-state index in [1.165, 1.54) is 23.8 Å². The molecular weight excluding hydrogens is 545 g/mol. The molecule has 10 heteroatoms. The van der Waals surface area contributed by atoms with Crippen LogP contribution >= 0.6 is 35.3 Å². The van der Waals surface area contributed by atoms with Crippen molar-refractivity contribution in [3.05, 3.63) is 52.2 Å². The van der Waals surface area contributed by atoms with Crippen molar-refractivity contribution in [1.82, 2.24) is 15.5 Å². The van der Waals surface area contributed by atoms with E-state index in [9.17, 15) is 8.42 Å².